The quantitative estimate of drug-likeness (QED) is 0.885. The largest absolute Gasteiger partial charge is 0.335 e. The number of hydrogen-bond acceptors (Lipinski definition) is 2. The van der Waals surface area contributed by atoms with E-state index in [0.29, 0.717) is 0 Å². The number of fused-ring (bicyclic) bond motifs is 1. The molecule has 2 heterocycles. The van der Waals surface area contributed by atoms with Crippen LogP contribution in [0.1, 0.15) is 46.2 Å². The highest BCUT2D eigenvalue weighted by Crippen LogP contribution is 2.40. The third-order valence-electron chi connectivity index (χ3n) is 5.25. The minimum atomic E-state index is -0.309. The Morgan fingerprint density at radius 3 is 2.00 bits per heavy atom. The third kappa shape index (κ3) is 2.94. The summed E-state index contributed by atoms with van der Waals surface area (Å²) >= 11 is 0. The molecule has 0 bridgehead atoms. The topological polar surface area (TPSA) is 64.7 Å². The third-order valence-corrected chi connectivity index (χ3v) is 5.25. The molecule has 2 fully saturated rings. The molecule has 4 atom stereocenters. The van der Waals surface area contributed by atoms with Crippen molar-refractivity contribution >= 4 is 12.1 Å². The van der Waals surface area contributed by atoms with Crippen LogP contribution < -0.4 is 10.6 Å². The molecule has 0 saturated carbocycles. The number of rotatable bonds is 3. The highest BCUT2D eigenvalue weighted by Gasteiger charge is 2.52. The number of urea groups is 2. The summed E-state index contributed by atoms with van der Waals surface area (Å²) in [7, 11) is 0. The normalized spacial score (nSPS) is 29.6. The van der Waals surface area contributed by atoms with Gasteiger partial charge in [0.25, 0.3) is 0 Å². The van der Waals surface area contributed by atoms with E-state index >= 15 is 0 Å². The van der Waals surface area contributed by atoms with Gasteiger partial charge >= 0.3 is 12.1 Å². The Morgan fingerprint density at radius 2 is 1.44 bits per heavy atom. The van der Waals surface area contributed by atoms with Crippen LogP contribution in [0, 0.1) is 5.92 Å². The summed E-state index contributed by atoms with van der Waals surface area (Å²) in [5.41, 5.74) is 1.10. The van der Waals surface area contributed by atoms with Crippen molar-refractivity contribution in [2.24, 2.45) is 5.92 Å². The molecule has 0 aliphatic carbocycles. The second kappa shape index (κ2) is 6.58. The zero-order chi connectivity index (χ0) is 18.3. The van der Waals surface area contributed by atoms with Crippen LogP contribution in [0.4, 0.5) is 9.59 Å². The van der Waals surface area contributed by atoms with Crippen molar-refractivity contribution in [3.8, 4) is 0 Å². The summed E-state index contributed by atoms with van der Waals surface area (Å²) in [5, 5.41) is 6.19. The predicted octanol–water partition coefficient (Wildman–Crippen LogP) is 2.93. The van der Waals surface area contributed by atoms with Crippen molar-refractivity contribution in [3.05, 3.63) is 35.9 Å². The molecule has 3 rings (SSSR count). The average Bonchev–Trinajstić information content (AvgIpc) is 2.53. The van der Waals surface area contributed by atoms with Crippen LogP contribution in [0.3, 0.4) is 0 Å². The number of nitrogens with zero attached hydrogens (tertiary/aromatic N) is 2. The van der Waals surface area contributed by atoms with Gasteiger partial charge in [-0.2, -0.15) is 0 Å². The number of hydrogen-bond donors (Lipinski definition) is 2. The van der Waals surface area contributed by atoms with Crippen LogP contribution in [0.15, 0.2) is 30.3 Å². The second-order valence-corrected chi connectivity index (χ2v) is 7.57. The van der Waals surface area contributed by atoms with Gasteiger partial charge in [0.1, 0.15) is 6.17 Å². The van der Waals surface area contributed by atoms with Crippen molar-refractivity contribution in [1.29, 1.82) is 0 Å². The fourth-order valence-electron chi connectivity index (χ4n) is 4.22. The van der Waals surface area contributed by atoms with E-state index < -0.39 is 0 Å². The summed E-state index contributed by atoms with van der Waals surface area (Å²) in [6.07, 6.45) is -0.309. The predicted molar refractivity (Wildman–Crippen MR) is 96.9 cm³/mol. The van der Waals surface area contributed by atoms with Gasteiger partial charge in [-0.05, 0) is 40.2 Å². The lowest BCUT2D eigenvalue weighted by atomic mass is 9.80. The Labute approximate surface area is 149 Å². The molecule has 2 aliphatic rings. The van der Waals surface area contributed by atoms with Crippen LogP contribution in [0.5, 0.6) is 0 Å². The van der Waals surface area contributed by atoms with E-state index in [-0.39, 0.29) is 48.3 Å². The van der Waals surface area contributed by atoms with Crippen LogP contribution in [0.2, 0.25) is 0 Å². The van der Waals surface area contributed by atoms with Crippen molar-refractivity contribution < 1.29 is 9.59 Å². The molecule has 0 unspecified atom stereocenters. The molecule has 4 amide bonds. The first-order valence-electron chi connectivity index (χ1n) is 9.05. The van der Waals surface area contributed by atoms with E-state index in [1.807, 2.05) is 57.7 Å². The Kier molecular flexibility index (Phi) is 4.62. The van der Waals surface area contributed by atoms with Gasteiger partial charge in [-0.15, -0.1) is 0 Å². The molecule has 1 aromatic rings. The minimum Gasteiger partial charge on any atom is -0.335 e. The molecule has 0 spiro atoms. The lowest BCUT2D eigenvalue weighted by molar-refractivity contribution is -0.0116. The summed E-state index contributed by atoms with van der Waals surface area (Å²) in [6, 6.07) is 9.82. The van der Waals surface area contributed by atoms with Crippen LogP contribution in [-0.2, 0) is 0 Å². The summed E-state index contributed by atoms with van der Waals surface area (Å²) < 4.78 is 0. The van der Waals surface area contributed by atoms with Crippen LogP contribution in [-0.4, -0.2) is 46.2 Å². The highest BCUT2D eigenvalue weighted by molar-refractivity contribution is 5.81. The lowest BCUT2D eigenvalue weighted by Gasteiger charge is -2.55. The van der Waals surface area contributed by atoms with Crippen LogP contribution >= 0.6 is 0 Å². The molecule has 0 radical (unpaired) electrons. The number of nitrogens with one attached hydrogen (secondary N) is 2. The first-order chi connectivity index (χ1) is 11.8. The molecular formula is C19H28N4O2. The monoisotopic (exact) mass is 344 g/mol. The van der Waals surface area contributed by atoms with Gasteiger partial charge in [0, 0.05) is 24.0 Å². The Hall–Kier alpha value is -2.24. The van der Waals surface area contributed by atoms with E-state index in [9.17, 15) is 9.59 Å². The zero-order valence-corrected chi connectivity index (χ0v) is 15.6. The van der Waals surface area contributed by atoms with Crippen molar-refractivity contribution in [2.75, 3.05) is 0 Å². The van der Waals surface area contributed by atoms with Gasteiger partial charge in [0.05, 0.1) is 6.04 Å². The molecule has 6 nitrogen and oxygen atoms in total. The fourth-order valence-corrected chi connectivity index (χ4v) is 4.22. The second-order valence-electron chi connectivity index (χ2n) is 7.57. The van der Waals surface area contributed by atoms with Gasteiger partial charge in [0.2, 0.25) is 0 Å². The van der Waals surface area contributed by atoms with Gasteiger partial charge in [-0.1, -0.05) is 30.3 Å². The van der Waals surface area contributed by atoms with Gasteiger partial charge in [-0.25, -0.2) is 9.59 Å². The molecule has 2 aliphatic heterocycles. The first kappa shape index (κ1) is 17.6. The molecule has 1 aromatic carbocycles. The van der Waals surface area contributed by atoms with Crippen molar-refractivity contribution in [2.45, 2.75) is 65.0 Å². The fraction of sp³-hybridized carbons (Fsp3) is 0.579. The summed E-state index contributed by atoms with van der Waals surface area (Å²) in [5.74, 6) is 0.0580. The van der Waals surface area contributed by atoms with Gasteiger partial charge in [-0.3, -0.25) is 0 Å². The summed E-state index contributed by atoms with van der Waals surface area (Å²) in [4.78, 5) is 29.1. The lowest BCUT2D eigenvalue weighted by Crippen LogP contribution is -2.74. The molecular weight excluding hydrogens is 316 g/mol. The zero-order valence-electron chi connectivity index (χ0n) is 15.6. The van der Waals surface area contributed by atoms with Crippen molar-refractivity contribution in [1.82, 2.24) is 20.4 Å². The number of carbonyl (C=O) groups excluding carboxylic acids is 2. The maximum atomic E-state index is 12.9. The first-order valence-corrected chi connectivity index (χ1v) is 9.05. The minimum absolute atomic E-state index is 0.00215. The van der Waals surface area contributed by atoms with E-state index in [0.717, 1.165) is 5.56 Å². The van der Waals surface area contributed by atoms with Crippen LogP contribution in [0.25, 0.3) is 0 Å². The highest BCUT2D eigenvalue weighted by atomic mass is 16.2. The van der Waals surface area contributed by atoms with Gasteiger partial charge < -0.3 is 20.4 Å². The molecule has 25 heavy (non-hydrogen) atoms. The number of carbonyl (C=O) groups is 2. The maximum Gasteiger partial charge on any atom is 0.319 e. The molecule has 2 saturated heterocycles. The Bertz CT molecular complexity index is 646. The van der Waals surface area contributed by atoms with E-state index in [1.165, 1.54) is 0 Å². The van der Waals surface area contributed by atoms with E-state index in [2.05, 4.69) is 22.8 Å². The molecule has 136 valence electrons. The summed E-state index contributed by atoms with van der Waals surface area (Å²) in [6.45, 7) is 10.0. The maximum absolute atomic E-state index is 12.9. The van der Waals surface area contributed by atoms with Gasteiger partial charge in [0.15, 0.2) is 0 Å². The number of amides is 4. The van der Waals surface area contributed by atoms with E-state index in [1.54, 1.807) is 4.90 Å². The SMILES string of the molecule is CC(C)N1C(=O)N[C@H](C)[C@@H]2[C@H]1NC(=O)N(C(C)C)[C@@H]2c1ccccc1. The molecule has 6 heteroatoms. The molecule has 0 aromatic heterocycles. The van der Waals surface area contributed by atoms with Crippen molar-refractivity contribution in [3.63, 3.8) is 0 Å². The standard InChI is InChI=1S/C19H28N4O2/c1-11(2)22-16(14-9-7-6-8-10-14)15-13(5)20-18(24)23(12(3)4)17(15)21-19(22)25/h6-13,15-17H,1-5H3,(H,20,24)(H,21,25)/t13-,15+,16-,17+/m1/s1. The number of benzene rings is 1. The van der Waals surface area contributed by atoms with E-state index in [4.69, 9.17) is 0 Å². The average molecular weight is 344 g/mol. The smallest absolute Gasteiger partial charge is 0.319 e. The Morgan fingerprint density at radius 1 is 0.880 bits per heavy atom. The molecule has 2 N–H and O–H groups in total. The Balaban J connectivity index is 2.10.